The monoisotopic (exact) mass is 372 g/mol. The molecule has 0 bridgehead atoms. The minimum Gasteiger partial charge on any atom is -0.197 e. The first-order valence-corrected chi connectivity index (χ1v) is 9.16. The second-order valence-electron chi connectivity index (χ2n) is 3.69. The summed E-state index contributed by atoms with van der Waals surface area (Å²) in [6, 6.07) is 0. The van der Waals surface area contributed by atoms with E-state index in [0.29, 0.717) is 4.86 Å². The highest BCUT2D eigenvalue weighted by atomic mass is 31.3. The molecule has 0 unspecified atom stereocenters. The van der Waals surface area contributed by atoms with Gasteiger partial charge in [0.25, 0.3) is 0 Å². The van der Waals surface area contributed by atoms with Gasteiger partial charge in [-0.25, -0.2) is 0 Å². The van der Waals surface area contributed by atoms with Crippen LogP contribution < -0.4 is 4.86 Å². The molecule has 1 N–H and O–H groups in total. The molecular formula is C4H5F8N3O2P3+. The van der Waals surface area contributed by atoms with E-state index < -0.39 is 48.7 Å². The van der Waals surface area contributed by atoms with Crippen LogP contribution in [0.4, 0.5) is 34.3 Å². The van der Waals surface area contributed by atoms with Crippen LogP contribution in [0.5, 0.6) is 0 Å². The van der Waals surface area contributed by atoms with E-state index >= 15 is 0 Å². The Morgan fingerprint density at radius 1 is 0.850 bits per heavy atom. The molecule has 0 radical (unpaired) electrons. The Balaban J connectivity index is 2.45. The van der Waals surface area contributed by atoms with Gasteiger partial charge in [-0.2, -0.15) is 43.4 Å². The van der Waals surface area contributed by atoms with Gasteiger partial charge in [-0.05, 0) is 0 Å². The number of hydrogen-bond donors (Lipinski definition) is 1. The fraction of sp³-hybridized carbons (Fsp3) is 1.00. The minimum atomic E-state index is -5.80. The summed E-state index contributed by atoms with van der Waals surface area (Å²) in [6.45, 7) is -4.19. The van der Waals surface area contributed by atoms with Crippen LogP contribution in [0, 0.1) is 0 Å². The summed E-state index contributed by atoms with van der Waals surface area (Å²) >= 11 is 0. The van der Waals surface area contributed by atoms with E-state index in [1.807, 2.05) is 0 Å². The van der Waals surface area contributed by atoms with Gasteiger partial charge in [0, 0.05) is 9.03 Å². The van der Waals surface area contributed by atoms with Gasteiger partial charge >= 0.3 is 35.5 Å². The Kier molecular flexibility index (Phi) is 3.81. The Labute approximate surface area is 107 Å². The van der Waals surface area contributed by atoms with E-state index in [9.17, 15) is 34.3 Å². The second kappa shape index (κ2) is 4.60. The summed E-state index contributed by atoms with van der Waals surface area (Å²) in [5, 5.41) is 0. The molecule has 0 atom stereocenters. The van der Waals surface area contributed by atoms with Gasteiger partial charge in [0.2, 0.25) is 0 Å². The van der Waals surface area contributed by atoms with Crippen molar-refractivity contribution in [2.24, 2.45) is 9.03 Å². The van der Waals surface area contributed by atoms with Gasteiger partial charge in [-0.1, -0.05) is 0 Å². The molecule has 1 fully saturated rings. The minimum absolute atomic E-state index is 0.580. The Morgan fingerprint density at radius 3 is 1.55 bits per heavy atom. The van der Waals surface area contributed by atoms with Gasteiger partial charge in [-0.3, -0.25) is 0 Å². The first kappa shape index (κ1) is 16.6. The van der Waals surface area contributed by atoms with E-state index in [0.717, 1.165) is 0 Å². The third-order valence-electron chi connectivity index (χ3n) is 2.05. The third kappa shape index (κ3) is 3.18. The largest absolute Gasteiger partial charge is 0.542 e. The van der Waals surface area contributed by atoms with Crippen LogP contribution in [0.2, 0.25) is 0 Å². The molecule has 0 aromatic heterocycles. The Bertz CT molecular complexity index is 481. The molecule has 0 amide bonds. The zero-order valence-electron chi connectivity index (χ0n) is 8.99. The van der Waals surface area contributed by atoms with Crippen molar-refractivity contribution in [3.8, 4) is 0 Å². The van der Waals surface area contributed by atoms with Crippen LogP contribution in [-0.2, 0) is 9.05 Å². The normalized spacial score (nSPS) is 32.8. The fourth-order valence-electron chi connectivity index (χ4n) is 1.17. The maximum atomic E-state index is 13.1. The van der Waals surface area contributed by atoms with Gasteiger partial charge < -0.3 is 0 Å². The number of rotatable bonds is 0. The van der Waals surface area contributed by atoms with Crippen molar-refractivity contribution in [3.05, 3.63) is 0 Å². The Morgan fingerprint density at radius 2 is 1.20 bits per heavy atom. The lowest BCUT2D eigenvalue weighted by molar-refractivity contribution is -0.222. The maximum absolute atomic E-state index is 13.1. The molecule has 0 aromatic rings. The molecule has 1 spiro atoms. The molecule has 2 heterocycles. The van der Waals surface area contributed by atoms with Crippen LogP contribution in [0.3, 0.4) is 0 Å². The molecule has 2 aliphatic rings. The van der Waals surface area contributed by atoms with E-state index in [4.69, 9.17) is 0 Å². The molecule has 2 rings (SSSR count). The summed E-state index contributed by atoms with van der Waals surface area (Å²) in [7, 11) is -16.5. The van der Waals surface area contributed by atoms with E-state index in [1.54, 1.807) is 0 Å². The summed E-state index contributed by atoms with van der Waals surface area (Å²) in [5.41, 5.74) is 0. The van der Waals surface area contributed by atoms with Crippen molar-refractivity contribution in [1.29, 1.82) is 0 Å². The van der Waals surface area contributed by atoms with Gasteiger partial charge in [0.1, 0.15) is 0 Å². The number of halogens is 8. The van der Waals surface area contributed by atoms with E-state index in [-0.39, 0.29) is 0 Å². The number of hydrogen-bond acceptors (Lipinski definition) is 5. The van der Waals surface area contributed by atoms with E-state index in [2.05, 4.69) is 18.1 Å². The lowest BCUT2D eigenvalue weighted by Gasteiger charge is -2.19. The zero-order valence-corrected chi connectivity index (χ0v) is 11.7. The summed E-state index contributed by atoms with van der Waals surface area (Å²) in [5.74, 6) is -9.54. The number of nitrogens with one attached hydrogen (secondary N) is 1. The standard InChI is InChI=1S/C4H5F8N3O2P3/c5-3(6)1-16-20(17-2-4(3,7)8)14-18(9,10)13-19(11,12)15-20/h13H,1-2H2/q+1. The lowest BCUT2D eigenvalue weighted by atomic mass is 10.2. The van der Waals surface area contributed by atoms with Crippen molar-refractivity contribution >= 4 is 23.7 Å². The van der Waals surface area contributed by atoms with Crippen LogP contribution in [0.25, 0.3) is 0 Å². The molecule has 20 heavy (non-hydrogen) atoms. The molecule has 2 aliphatic heterocycles. The van der Waals surface area contributed by atoms with Crippen molar-refractivity contribution in [2.45, 2.75) is 11.8 Å². The highest BCUT2D eigenvalue weighted by Crippen LogP contribution is 2.83. The predicted octanol–water partition coefficient (Wildman–Crippen LogP) is 5.36. The zero-order chi connectivity index (χ0) is 15.4. The third-order valence-corrected chi connectivity index (χ3v) is 8.52. The summed E-state index contributed by atoms with van der Waals surface area (Å²) < 4.78 is 117. The highest BCUT2D eigenvalue weighted by molar-refractivity contribution is 7.82. The molecule has 16 heteroatoms. The second-order valence-corrected chi connectivity index (χ2v) is 9.36. The van der Waals surface area contributed by atoms with Crippen LogP contribution >= 0.6 is 23.7 Å². The van der Waals surface area contributed by atoms with Crippen LogP contribution in [-0.4, -0.2) is 25.1 Å². The molecule has 5 nitrogen and oxygen atoms in total. The fourth-order valence-corrected chi connectivity index (χ4v) is 7.66. The molecule has 0 saturated carbocycles. The average molecular weight is 372 g/mol. The lowest BCUT2D eigenvalue weighted by Crippen LogP contribution is -2.45. The Hall–Kier alpha value is 0.210. The van der Waals surface area contributed by atoms with Crippen molar-refractivity contribution in [3.63, 3.8) is 0 Å². The van der Waals surface area contributed by atoms with Crippen molar-refractivity contribution < 1.29 is 43.4 Å². The van der Waals surface area contributed by atoms with Crippen molar-refractivity contribution in [2.75, 3.05) is 13.2 Å². The molecule has 0 aromatic carbocycles. The first-order chi connectivity index (χ1) is 8.79. The predicted molar refractivity (Wildman–Crippen MR) is 55.0 cm³/mol. The highest BCUT2D eigenvalue weighted by Gasteiger charge is 2.68. The maximum Gasteiger partial charge on any atom is 0.542 e. The van der Waals surface area contributed by atoms with Gasteiger partial charge in [-0.15, -0.1) is 4.86 Å². The first-order valence-electron chi connectivity index (χ1n) is 4.58. The topological polar surface area (TPSA) is 55.2 Å². The molecule has 0 aliphatic carbocycles. The van der Waals surface area contributed by atoms with Crippen molar-refractivity contribution in [1.82, 2.24) is 4.86 Å². The van der Waals surface area contributed by atoms with Crippen LogP contribution in [0.1, 0.15) is 0 Å². The molecular weight excluding hydrogens is 367 g/mol. The van der Waals surface area contributed by atoms with E-state index in [1.165, 1.54) is 0 Å². The molecule has 118 valence electrons. The average Bonchev–Trinajstić information content (AvgIpc) is 2.25. The summed E-state index contributed by atoms with van der Waals surface area (Å²) in [4.78, 5) is 0.580. The number of nitrogens with zero attached hydrogens (tertiary/aromatic N) is 2. The van der Waals surface area contributed by atoms with Crippen LogP contribution in [0.15, 0.2) is 9.03 Å². The SMILES string of the molecule is FC1(F)CO[P+]2(N=P(F)(F)NP(F)(F)=N2)OCC1(F)F. The van der Waals surface area contributed by atoms with Gasteiger partial charge in [0.15, 0.2) is 13.2 Å². The molecule has 1 saturated heterocycles. The summed E-state index contributed by atoms with van der Waals surface area (Å²) in [6.07, 6.45) is 0. The quantitative estimate of drug-likeness (QED) is 0.461. The smallest absolute Gasteiger partial charge is 0.197 e. The number of alkyl halides is 4. The van der Waals surface area contributed by atoms with Gasteiger partial charge in [0.05, 0.1) is 0 Å².